The smallest absolute Gasteiger partial charge is 0.0992 e. The number of hydrogen-bond acceptors (Lipinski definition) is 3. The predicted octanol–water partition coefficient (Wildman–Crippen LogP) is 4.19. The molecule has 0 aromatic heterocycles. The van der Waals surface area contributed by atoms with Gasteiger partial charge in [0.1, 0.15) is 0 Å². The lowest BCUT2D eigenvalue weighted by molar-refractivity contribution is 0.925. The highest BCUT2D eigenvalue weighted by atomic mass is 79.9. The molecule has 1 heterocycles. The first-order valence-electron chi connectivity index (χ1n) is 6.51. The molecule has 2 aromatic rings. The van der Waals surface area contributed by atoms with E-state index in [1.54, 1.807) is 0 Å². The lowest BCUT2D eigenvalue weighted by atomic mass is 10.1. The van der Waals surface area contributed by atoms with Crippen molar-refractivity contribution >= 4 is 33.0 Å². The Kier molecular flexibility index (Phi) is 3.37. The third-order valence-corrected chi connectivity index (χ3v) is 4.39. The van der Waals surface area contributed by atoms with Crippen LogP contribution >= 0.6 is 15.9 Å². The highest BCUT2D eigenvalue weighted by molar-refractivity contribution is 9.10. The average molecular weight is 328 g/mol. The molecule has 0 fully saturated rings. The average Bonchev–Trinajstić information content (AvgIpc) is 2.49. The summed E-state index contributed by atoms with van der Waals surface area (Å²) in [6.45, 7) is 3.86. The Morgan fingerprint density at radius 3 is 2.85 bits per heavy atom. The zero-order valence-corrected chi connectivity index (χ0v) is 12.7. The van der Waals surface area contributed by atoms with Crippen LogP contribution in [-0.4, -0.2) is 13.1 Å². The van der Waals surface area contributed by atoms with Crippen molar-refractivity contribution in [2.24, 2.45) is 0 Å². The molecule has 100 valence electrons. The fraction of sp³-hybridized carbons (Fsp3) is 0.188. The second kappa shape index (κ2) is 5.18. The Balaban J connectivity index is 2.09. The SMILES string of the molecule is Cc1ccc(N2CCNc3ccc(C#N)cc32)cc1Br. The quantitative estimate of drug-likeness (QED) is 0.853. The lowest BCUT2D eigenvalue weighted by Gasteiger charge is -2.32. The van der Waals surface area contributed by atoms with Crippen molar-refractivity contribution in [2.45, 2.75) is 6.92 Å². The number of hydrogen-bond donors (Lipinski definition) is 1. The van der Waals surface area contributed by atoms with Gasteiger partial charge < -0.3 is 10.2 Å². The summed E-state index contributed by atoms with van der Waals surface area (Å²) in [4.78, 5) is 2.25. The number of nitrogens with zero attached hydrogens (tertiary/aromatic N) is 2. The summed E-state index contributed by atoms with van der Waals surface area (Å²) in [7, 11) is 0. The van der Waals surface area contributed by atoms with E-state index >= 15 is 0 Å². The molecule has 0 unspecified atom stereocenters. The van der Waals surface area contributed by atoms with Crippen LogP contribution in [0.1, 0.15) is 11.1 Å². The minimum atomic E-state index is 0.684. The van der Waals surface area contributed by atoms with Gasteiger partial charge in [-0.25, -0.2) is 0 Å². The molecule has 20 heavy (non-hydrogen) atoms. The number of halogens is 1. The van der Waals surface area contributed by atoms with E-state index in [1.807, 2.05) is 18.2 Å². The van der Waals surface area contributed by atoms with Gasteiger partial charge in [0.15, 0.2) is 0 Å². The van der Waals surface area contributed by atoms with Crippen LogP contribution in [0.25, 0.3) is 0 Å². The first kappa shape index (κ1) is 13.0. The summed E-state index contributed by atoms with van der Waals surface area (Å²) in [5.74, 6) is 0. The maximum Gasteiger partial charge on any atom is 0.0992 e. The van der Waals surface area contributed by atoms with E-state index in [2.05, 4.69) is 57.3 Å². The van der Waals surface area contributed by atoms with Gasteiger partial charge in [0, 0.05) is 23.2 Å². The molecule has 1 N–H and O–H groups in total. The summed E-state index contributed by atoms with van der Waals surface area (Å²) < 4.78 is 1.10. The van der Waals surface area contributed by atoms with Crippen LogP contribution in [0.4, 0.5) is 17.1 Å². The van der Waals surface area contributed by atoms with Crippen LogP contribution in [0.15, 0.2) is 40.9 Å². The Hall–Kier alpha value is -1.99. The van der Waals surface area contributed by atoms with Crippen LogP contribution in [0.2, 0.25) is 0 Å². The molecule has 0 radical (unpaired) electrons. The van der Waals surface area contributed by atoms with Crippen LogP contribution in [0, 0.1) is 18.3 Å². The third-order valence-electron chi connectivity index (χ3n) is 3.54. The molecule has 0 bridgehead atoms. The predicted molar refractivity (Wildman–Crippen MR) is 85.5 cm³/mol. The van der Waals surface area contributed by atoms with Crippen LogP contribution in [0.3, 0.4) is 0 Å². The second-order valence-corrected chi connectivity index (χ2v) is 5.71. The normalized spacial score (nSPS) is 13.3. The van der Waals surface area contributed by atoms with E-state index in [4.69, 9.17) is 5.26 Å². The Labute approximate surface area is 127 Å². The van der Waals surface area contributed by atoms with E-state index < -0.39 is 0 Å². The maximum atomic E-state index is 9.08. The minimum absolute atomic E-state index is 0.684. The summed E-state index contributed by atoms with van der Waals surface area (Å²) >= 11 is 3.59. The highest BCUT2D eigenvalue weighted by Crippen LogP contribution is 2.36. The molecule has 2 aromatic carbocycles. The first-order chi connectivity index (χ1) is 9.69. The van der Waals surface area contributed by atoms with Crippen molar-refractivity contribution in [3.05, 3.63) is 52.0 Å². The maximum absolute atomic E-state index is 9.08. The summed E-state index contributed by atoms with van der Waals surface area (Å²) in [6, 6.07) is 14.3. The van der Waals surface area contributed by atoms with Gasteiger partial charge in [-0.3, -0.25) is 0 Å². The van der Waals surface area contributed by atoms with E-state index in [1.165, 1.54) is 5.56 Å². The lowest BCUT2D eigenvalue weighted by Crippen LogP contribution is -2.30. The number of nitriles is 1. The molecule has 1 aliphatic rings. The Morgan fingerprint density at radius 1 is 1.25 bits per heavy atom. The largest absolute Gasteiger partial charge is 0.382 e. The van der Waals surface area contributed by atoms with Crippen molar-refractivity contribution in [1.29, 1.82) is 5.26 Å². The van der Waals surface area contributed by atoms with Crippen LogP contribution in [-0.2, 0) is 0 Å². The molecule has 0 saturated heterocycles. The molecule has 4 heteroatoms. The molecular formula is C16H14BrN3. The summed E-state index contributed by atoms with van der Waals surface area (Å²) in [5.41, 5.74) is 5.18. The van der Waals surface area contributed by atoms with Crippen molar-refractivity contribution in [1.82, 2.24) is 0 Å². The summed E-state index contributed by atoms with van der Waals surface area (Å²) in [6.07, 6.45) is 0. The molecule has 0 spiro atoms. The van der Waals surface area contributed by atoms with Crippen LogP contribution in [0.5, 0.6) is 0 Å². The number of fused-ring (bicyclic) bond motifs is 1. The molecule has 0 saturated carbocycles. The Morgan fingerprint density at radius 2 is 2.10 bits per heavy atom. The fourth-order valence-corrected chi connectivity index (χ4v) is 2.78. The standard InChI is InChI=1S/C16H14BrN3/c1-11-2-4-13(9-14(11)17)20-7-6-19-15-5-3-12(10-18)8-16(15)20/h2-5,8-9,19H,6-7H2,1H3. The number of nitrogens with one attached hydrogen (secondary N) is 1. The van der Waals surface area contributed by atoms with E-state index in [0.29, 0.717) is 5.56 Å². The van der Waals surface area contributed by atoms with Crippen molar-refractivity contribution < 1.29 is 0 Å². The zero-order chi connectivity index (χ0) is 14.1. The van der Waals surface area contributed by atoms with Gasteiger partial charge >= 0.3 is 0 Å². The highest BCUT2D eigenvalue weighted by Gasteiger charge is 2.18. The molecule has 0 amide bonds. The zero-order valence-electron chi connectivity index (χ0n) is 11.2. The molecule has 3 rings (SSSR count). The molecule has 0 aliphatic carbocycles. The van der Waals surface area contributed by atoms with Crippen LogP contribution < -0.4 is 10.2 Å². The van der Waals surface area contributed by atoms with Gasteiger partial charge in [0.25, 0.3) is 0 Å². The van der Waals surface area contributed by atoms with Gasteiger partial charge in [0.05, 0.1) is 23.0 Å². The number of rotatable bonds is 1. The molecule has 1 aliphatic heterocycles. The van der Waals surface area contributed by atoms with Gasteiger partial charge in [0.2, 0.25) is 0 Å². The second-order valence-electron chi connectivity index (χ2n) is 4.86. The Bertz CT molecular complexity index is 703. The molecular weight excluding hydrogens is 314 g/mol. The van der Waals surface area contributed by atoms with Gasteiger partial charge in [-0.1, -0.05) is 22.0 Å². The van der Waals surface area contributed by atoms with E-state index in [0.717, 1.165) is 34.6 Å². The molecule has 0 atom stereocenters. The van der Waals surface area contributed by atoms with Gasteiger partial charge in [-0.2, -0.15) is 5.26 Å². The van der Waals surface area contributed by atoms with Crippen molar-refractivity contribution in [2.75, 3.05) is 23.3 Å². The van der Waals surface area contributed by atoms with Crippen molar-refractivity contribution in [3.63, 3.8) is 0 Å². The van der Waals surface area contributed by atoms with E-state index in [9.17, 15) is 0 Å². The number of aryl methyl sites for hydroxylation is 1. The third kappa shape index (κ3) is 2.25. The molecule has 3 nitrogen and oxygen atoms in total. The fourth-order valence-electron chi connectivity index (χ4n) is 2.41. The van der Waals surface area contributed by atoms with Gasteiger partial charge in [-0.05, 0) is 42.8 Å². The monoisotopic (exact) mass is 327 g/mol. The summed E-state index contributed by atoms with van der Waals surface area (Å²) in [5, 5.41) is 12.5. The number of benzene rings is 2. The topological polar surface area (TPSA) is 39.1 Å². The number of anilines is 3. The first-order valence-corrected chi connectivity index (χ1v) is 7.30. The van der Waals surface area contributed by atoms with Crippen molar-refractivity contribution in [3.8, 4) is 6.07 Å². The minimum Gasteiger partial charge on any atom is -0.382 e. The van der Waals surface area contributed by atoms with Gasteiger partial charge in [-0.15, -0.1) is 0 Å². The van der Waals surface area contributed by atoms with E-state index in [-0.39, 0.29) is 0 Å².